The molecule has 1 rings (SSSR count). The fourth-order valence-electron chi connectivity index (χ4n) is 1.88. The molecule has 0 N–H and O–H groups in total. The summed E-state index contributed by atoms with van der Waals surface area (Å²) >= 11 is 0. The molecule has 0 aromatic heterocycles. The molecule has 0 aromatic carbocycles. The molecule has 0 aliphatic carbocycles. The van der Waals surface area contributed by atoms with Gasteiger partial charge in [0.05, 0.1) is 0 Å². The van der Waals surface area contributed by atoms with E-state index in [0.717, 1.165) is 0 Å². The summed E-state index contributed by atoms with van der Waals surface area (Å²) in [6.07, 6.45) is 7.43. The van der Waals surface area contributed by atoms with Crippen molar-refractivity contribution in [3.05, 3.63) is 0 Å². The van der Waals surface area contributed by atoms with Crippen LogP contribution in [0.4, 0.5) is 0 Å². The molecule has 1 saturated heterocycles. The first-order chi connectivity index (χ1) is 5.86. The average Bonchev–Trinajstić information content (AvgIpc) is 2.31. The first kappa shape index (κ1) is 10.5. The summed E-state index contributed by atoms with van der Waals surface area (Å²) < 4.78 is 0. The highest BCUT2D eigenvalue weighted by molar-refractivity contribution is 7.57. The fourth-order valence-corrected chi connectivity index (χ4v) is 4.34. The molecular weight excluding hydrogens is 165 g/mol. The minimum atomic E-state index is 0.428. The molecule has 1 nitrogen and oxygen atoms in total. The molecule has 0 radical (unpaired) electrons. The van der Waals surface area contributed by atoms with Crippen molar-refractivity contribution in [1.29, 1.82) is 0 Å². The Morgan fingerprint density at radius 1 is 1.17 bits per heavy atom. The van der Waals surface area contributed by atoms with E-state index in [9.17, 15) is 0 Å². The van der Waals surface area contributed by atoms with Crippen molar-refractivity contribution < 1.29 is 0 Å². The molecule has 0 bridgehead atoms. The van der Waals surface area contributed by atoms with Crippen molar-refractivity contribution >= 4 is 7.92 Å². The largest absolute Gasteiger partial charge is 0.303 e. The predicted octanol–water partition coefficient (Wildman–Crippen LogP) is 2.60. The predicted molar refractivity (Wildman–Crippen MR) is 58.5 cm³/mol. The van der Waals surface area contributed by atoms with Crippen LogP contribution < -0.4 is 0 Å². The van der Waals surface area contributed by atoms with Gasteiger partial charge in [-0.25, -0.2) is 0 Å². The number of rotatable bonds is 3. The monoisotopic (exact) mass is 187 g/mol. The first-order valence-corrected chi connectivity index (χ1v) is 7.21. The van der Waals surface area contributed by atoms with Gasteiger partial charge >= 0.3 is 0 Å². The van der Waals surface area contributed by atoms with Crippen molar-refractivity contribution in [3.8, 4) is 0 Å². The van der Waals surface area contributed by atoms with Crippen LogP contribution in [0.3, 0.4) is 0 Å². The Kier molecular flexibility index (Phi) is 5.18. The van der Waals surface area contributed by atoms with E-state index < -0.39 is 0 Å². The van der Waals surface area contributed by atoms with Gasteiger partial charge in [0.25, 0.3) is 0 Å². The zero-order valence-electron chi connectivity index (χ0n) is 8.55. The van der Waals surface area contributed by atoms with Crippen LogP contribution in [-0.4, -0.2) is 43.0 Å². The van der Waals surface area contributed by atoms with Gasteiger partial charge in [0.2, 0.25) is 0 Å². The van der Waals surface area contributed by atoms with E-state index in [2.05, 4.69) is 18.7 Å². The molecule has 2 heteroatoms. The fraction of sp³-hybridized carbons (Fsp3) is 1.00. The topological polar surface area (TPSA) is 3.24 Å². The van der Waals surface area contributed by atoms with E-state index in [1.54, 1.807) is 6.16 Å². The maximum Gasteiger partial charge on any atom is 0.00206 e. The Hall–Kier alpha value is 0.390. The standard InChI is InChI=1S/C10H22NP/c1-3-8-12-9-5-6-11(4-2)7-10-12/h3-10H2,1-2H3. The van der Waals surface area contributed by atoms with Crippen molar-refractivity contribution in [2.75, 3.05) is 38.1 Å². The molecule has 0 spiro atoms. The van der Waals surface area contributed by atoms with Crippen molar-refractivity contribution in [2.45, 2.75) is 26.7 Å². The minimum absolute atomic E-state index is 0.428. The van der Waals surface area contributed by atoms with Crippen molar-refractivity contribution in [1.82, 2.24) is 4.90 Å². The Morgan fingerprint density at radius 2 is 2.00 bits per heavy atom. The van der Waals surface area contributed by atoms with Gasteiger partial charge < -0.3 is 4.90 Å². The highest BCUT2D eigenvalue weighted by Gasteiger charge is 2.13. The summed E-state index contributed by atoms with van der Waals surface area (Å²) in [5, 5.41) is 0. The first-order valence-electron chi connectivity index (χ1n) is 5.31. The van der Waals surface area contributed by atoms with Gasteiger partial charge in [0.1, 0.15) is 0 Å². The summed E-state index contributed by atoms with van der Waals surface area (Å²) in [7, 11) is 0.428. The van der Waals surface area contributed by atoms with Crippen LogP contribution >= 0.6 is 7.92 Å². The van der Waals surface area contributed by atoms with Gasteiger partial charge in [-0.05, 0) is 38.0 Å². The maximum atomic E-state index is 2.61. The highest BCUT2D eigenvalue weighted by atomic mass is 31.1. The lowest BCUT2D eigenvalue weighted by atomic mass is 10.4. The van der Waals surface area contributed by atoms with Crippen molar-refractivity contribution in [2.24, 2.45) is 0 Å². The molecule has 1 fully saturated rings. The summed E-state index contributed by atoms with van der Waals surface area (Å²) in [5.74, 6) is 0. The van der Waals surface area contributed by atoms with Gasteiger partial charge in [-0.3, -0.25) is 0 Å². The van der Waals surface area contributed by atoms with E-state index in [0.29, 0.717) is 7.92 Å². The Morgan fingerprint density at radius 3 is 2.67 bits per heavy atom. The van der Waals surface area contributed by atoms with Crippen LogP contribution in [0.25, 0.3) is 0 Å². The van der Waals surface area contributed by atoms with Crippen LogP contribution in [-0.2, 0) is 0 Å². The normalized spacial score (nSPS) is 27.0. The second-order valence-corrected chi connectivity index (χ2v) is 6.31. The third-order valence-electron chi connectivity index (χ3n) is 2.67. The highest BCUT2D eigenvalue weighted by Crippen LogP contribution is 2.38. The van der Waals surface area contributed by atoms with Crippen LogP contribution in [0.2, 0.25) is 0 Å². The van der Waals surface area contributed by atoms with E-state index in [-0.39, 0.29) is 0 Å². The number of nitrogens with zero attached hydrogens (tertiary/aromatic N) is 1. The van der Waals surface area contributed by atoms with Gasteiger partial charge in [0.15, 0.2) is 0 Å². The molecule has 1 atom stereocenters. The molecule has 0 aromatic rings. The Balaban J connectivity index is 2.24. The molecule has 1 aliphatic rings. The SMILES string of the molecule is CCCP1CCCN(CC)CC1. The van der Waals surface area contributed by atoms with Crippen LogP contribution in [0.5, 0.6) is 0 Å². The van der Waals surface area contributed by atoms with Gasteiger partial charge in [-0.1, -0.05) is 20.3 Å². The smallest absolute Gasteiger partial charge is 0.00206 e. The lowest BCUT2D eigenvalue weighted by molar-refractivity contribution is 0.312. The number of hydrogen-bond donors (Lipinski definition) is 0. The van der Waals surface area contributed by atoms with Crippen LogP contribution in [0.15, 0.2) is 0 Å². The molecular formula is C10H22NP. The summed E-state index contributed by atoms with van der Waals surface area (Å²) in [6, 6.07) is 0. The number of hydrogen-bond acceptors (Lipinski definition) is 1. The van der Waals surface area contributed by atoms with E-state index in [4.69, 9.17) is 0 Å². The van der Waals surface area contributed by atoms with Gasteiger partial charge in [-0.15, -0.1) is 7.92 Å². The van der Waals surface area contributed by atoms with Crippen LogP contribution in [0.1, 0.15) is 26.7 Å². The molecule has 72 valence electrons. The van der Waals surface area contributed by atoms with Crippen LogP contribution in [0, 0.1) is 0 Å². The third kappa shape index (κ3) is 3.41. The second kappa shape index (κ2) is 5.94. The summed E-state index contributed by atoms with van der Waals surface area (Å²) in [5.41, 5.74) is 0. The molecule has 1 heterocycles. The quantitative estimate of drug-likeness (QED) is 0.614. The molecule has 1 unspecified atom stereocenters. The lowest BCUT2D eigenvalue weighted by Gasteiger charge is -2.17. The molecule has 1 aliphatic heterocycles. The average molecular weight is 187 g/mol. The van der Waals surface area contributed by atoms with Crippen molar-refractivity contribution in [3.63, 3.8) is 0 Å². The van der Waals surface area contributed by atoms with E-state index in [1.807, 2.05) is 0 Å². The van der Waals surface area contributed by atoms with Gasteiger partial charge in [-0.2, -0.15) is 0 Å². The Bertz CT molecular complexity index is 116. The molecule has 0 amide bonds. The maximum absolute atomic E-state index is 2.61. The van der Waals surface area contributed by atoms with E-state index >= 15 is 0 Å². The zero-order valence-corrected chi connectivity index (χ0v) is 9.45. The van der Waals surface area contributed by atoms with Gasteiger partial charge in [0, 0.05) is 6.54 Å². The Labute approximate surface area is 78.3 Å². The second-order valence-electron chi connectivity index (χ2n) is 3.63. The minimum Gasteiger partial charge on any atom is -0.303 e. The molecule has 0 saturated carbocycles. The summed E-state index contributed by atoms with van der Waals surface area (Å²) in [6.45, 7) is 8.61. The third-order valence-corrected chi connectivity index (χ3v) is 5.53. The lowest BCUT2D eigenvalue weighted by Crippen LogP contribution is -2.25. The van der Waals surface area contributed by atoms with E-state index in [1.165, 1.54) is 44.8 Å². The zero-order chi connectivity index (χ0) is 8.81. The summed E-state index contributed by atoms with van der Waals surface area (Å²) in [4.78, 5) is 2.61. The molecule has 12 heavy (non-hydrogen) atoms.